The highest BCUT2D eigenvalue weighted by Gasteiger charge is 2.19. The number of hydrogen-bond acceptors (Lipinski definition) is 4. The third-order valence-corrected chi connectivity index (χ3v) is 4.38. The summed E-state index contributed by atoms with van der Waals surface area (Å²) in [6.45, 7) is 3.39. The lowest BCUT2D eigenvalue weighted by molar-refractivity contribution is 0.516. The van der Waals surface area contributed by atoms with Gasteiger partial charge in [-0.2, -0.15) is 0 Å². The summed E-state index contributed by atoms with van der Waals surface area (Å²) in [4.78, 5) is 1.31. The van der Waals surface area contributed by atoms with Crippen LogP contribution in [0.2, 0.25) is 0 Å². The molecule has 1 atom stereocenters. The highest BCUT2D eigenvalue weighted by Crippen LogP contribution is 2.30. The fourth-order valence-electron chi connectivity index (χ4n) is 2.56. The zero-order chi connectivity index (χ0) is 13.9. The van der Waals surface area contributed by atoms with Gasteiger partial charge in [-0.1, -0.05) is 24.3 Å². The van der Waals surface area contributed by atoms with E-state index < -0.39 is 0 Å². The molecule has 20 heavy (non-hydrogen) atoms. The van der Waals surface area contributed by atoms with Crippen molar-refractivity contribution < 1.29 is 4.42 Å². The molecule has 0 aliphatic rings. The van der Waals surface area contributed by atoms with Crippen molar-refractivity contribution in [3.8, 4) is 0 Å². The Bertz CT molecular complexity index is 688. The van der Waals surface area contributed by atoms with Crippen molar-refractivity contribution in [2.45, 2.75) is 19.5 Å². The zero-order valence-electron chi connectivity index (χ0n) is 11.4. The van der Waals surface area contributed by atoms with Gasteiger partial charge in [0.15, 0.2) is 0 Å². The molecule has 0 bridgehead atoms. The largest absolute Gasteiger partial charge is 0.461 e. The van der Waals surface area contributed by atoms with Crippen molar-refractivity contribution in [1.82, 2.24) is 5.32 Å². The molecule has 0 radical (unpaired) electrons. The molecule has 1 unspecified atom stereocenters. The average molecular weight is 286 g/mol. The van der Waals surface area contributed by atoms with Gasteiger partial charge in [-0.15, -0.1) is 11.3 Å². The predicted molar refractivity (Wildman–Crippen MR) is 83.9 cm³/mol. The summed E-state index contributed by atoms with van der Waals surface area (Å²) < 4.78 is 5.83. The Morgan fingerprint density at radius 3 is 2.85 bits per heavy atom. The molecule has 3 aromatic rings. The highest BCUT2D eigenvalue weighted by molar-refractivity contribution is 7.09. The molecule has 0 aliphatic carbocycles. The topological polar surface area (TPSA) is 51.2 Å². The summed E-state index contributed by atoms with van der Waals surface area (Å²) in [7, 11) is 0. The van der Waals surface area contributed by atoms with Crippen LogP contribution >= 0.6 is 11.3 Å². The van der Waals surface area contributed by atoms with Crippen molar-refractivity contribution in [3.63, 3.8) is 0 Å². The number of nitrogens with two attached hydrogens (primary N) is 1. The Morgan fingerprint density at radius 1 is 1.25 bits per heavy atom. The Balaban J connectivity index is 1.88. The number of aryl methyl sites for hydroxylation is 1. The first-order valence-corrected chi connectivity index (χ1v) is 7.61. The lowest BCUT2D eigenvalue weighted by atomic mass is 10.0. The Hall–Kier alpha value is -1.62. The van der Waals surface area contributed by atoms with Gasteiger partial charge < -0.3 is 15.5 Å². The second kappa shape index (κ2) is 5.79. The van der Waals surface area contributed by atoms with E-state index in [1.54, 1.807) is 11.3 Å². The normalized spacial score (nSPS) is 12.9. The molecule has 0 fully saturated rings. The van der Waals surface area contributed by atoms with Crippen molar-refractivity contribution in [3.05, 3.63) is 58.0 Å². The van der Waals surface area contributed by atoms with Crippen molar-refractivity contribution in [1.29, 1.82) is 0 Å². The fourth-order valence-corrected chi connectivity index (χ4v) is 3.22. The first-order chi connectivity index (χ1) is 9.79. The van der Waals surface area contributed by atoms with Crippen LogP contribution in [0.5, 0.6) is 0 Å². The minimum absolute atomic E-state index is 0.112. The number of rotatable bonds is 5. The van der Waals surface area contributed by atoms with Crippen molar-refractivity contribution >= 4 is 22.3 Å². The molecule has 0 aliphatic heterocycles. The van der Waals surface area contributed by atoms with Crippen LogP contribution in [0.25, 0.3) is 11.0 Å². The molecular formula is C16H18N2OS. The van der Waals surface area contributed by atoms with E-state index in [1.165, 1.54) is 10.4 Å². The minimum atomic E-state index is 0.112. The minimum Gasteiger partial charge on any atom is -0.461 e. The SMILES string of the molecule is Cc1oc2ccccc2c1C(CN)NCc1cccs1. The van der Waals surface area contributed by atoms with E-state index in [1.807, 2.05) is 25.1 Å². The van der Waals surface area contributed by atoms with Crippen molar-refractivity contribution in [2.24, 2.45) is 5.73 Å². The molecular weight excluding hydrogens is 268 g/mol. The number of benzene rings is 1. The van der Waals surface area contributed by atoms with Gasteiger partial charge in [-0.25, -0.2) is 0 Å². The monoisotopic (exact) mass is 286 g/mol. The van der Waals surface area contributed by atoms with Gasteiger partial charge in [0.2, 0.25) is 0 Å². The predicted octanol–water partition coefficient (Wildman–Crippen LogP) is 3.59. The third-order valence-electron chi connectivity index (χ3n) is 3.51. The molecule has 3 nitrogen and oxygen atoms in total. The average Bonchev–Trinajstić information content (AvgIpc) is 3.07. The van der Waals surface area contributed by atoms with E-state index in [2.05, 4.69) is 28.9 Å². The van der Waals surface area contributed by atoms with Gasteiger partial charge in [0.25, 0.3) is 0 Å². The summed E-state index contributed by atoms with van der Waals surface area (Å²) in [5.74, 6) is 0.945. The van der Waals surface area contributed by atoms with Crippen LogP contribution in [0.3, 0.4) is 0 Å². The molecule has 1 aromatic carbocycles. The molecule has 104 valence electrons. The number of thiophene rings is 1. The van der Waals surface area contributed by atoms with Crippen LogP contribution in [0.4, 0.5) is 0 Å². The highest BCUT2D eigenvalue weighted by atomic mass is 32.1. The molecule has 0 spiro atoms. The standard InChI is InChI=1S/C16H18N2OS/c1-11-16(13-6-2-3-7-15(13)19-11)14(9-17)18-10-12-5-4-8-20-12/h2-8,14,18H,9-10,17H2,1H3. The van der Waals surface area contributed by atoms with Gasteiger partial charge in [0.05, 0.1) is 0 Å². The van der Waals surface area contributed by atoms with E-state index in [0.29, 0.717) is 6.54 Å². The Morgan fingerprint density at radius 2 is 2.10 bits per heavy atom. The number of para-hydroxylation sites is 1. The molecule has 0 saturated heterocycles. The third kappa shape index (κ3) is 2.50. The molecule has 2 aromatic heterocycles. The zero-order valence-corrected chi connectivity index (χ0v) is 12.2. The quantitative estimate of drug-likeness (QED) is 0.753. The molecule has 2 heterocycles. The number of hydrogen-bond donors (Lipinski definition) is 2. The summed E-state index contributed by atoms with van der Waals surface area (Å²) in [5.41, 5.74) is 8.07. The van der Waals surface area contributed by atoms with E-state index >= 15 is 0 Å². The van der Waals surface area contributed by atoms with Gasteiger partial charge in [0, 0.05) is 35.0 Å². The molecule has 3 rings (SSSR count). The second-order valence-corrected chi connectivity index (χ2v) is 5.85. The lowest BCUT2D eigenvalue weighted by Crippen LogP contribution is -2.27. The van der Waals surface area contributed by atoms with Crippen molar-refractivity contribution in [2.75, 3.05) is 6.54 Å². The summed E-state index contributed by atoms with van der Waals surface area (Å²) >= 11 is 1.75. The molecule has 0 amide bonds. The first-order valence-electron chi connectivity index (χ1n) is 6.73. The summed E-state index contributed by atoms with van der Waals surface area (Å²) in [6.07, 6.45) is 0. The Labute approximate surface area is 122 Å². The van der Waals surface area contributed by atoms with E-state index in [-0.39, 0.29) is 6.04 Å². The van der Waals surface area contributed by atoms with Crippen LogP contribution < -0.4 is 11.1 Å². The van der Waals surface area contributed by atoms with Gasteiger partial charge in [-0.05, 0) is 24.4 Å². The lowest BCUT2D eigenvalue weighted by Gasteiger charge is -2.16. The maximum atomic E-state index is 5.96. The summed E-state index contributed by atoms with van der Waals surface area (Å²) in [5, 5.41) is 6.77. The second-order valence-electron chi connectivity index (χ2n) is 4.82. The fraction of sp³-hybridized carbons (Fsp3) is 0.250. The van der Waals surface area contributed by atoms with Crippen LogP contribution in [0.1, 0.15) is 22.2 Å². The van der Waals surface area contributed by atoms with Crippen LogP contribution in [-0.4, -0.2) is 6.54 Å². The molecule has 3 N–H and O–H groups in total. The first kappa shape index (κ1) is 13.4. The van der Waals surface area contributed by atoms with E-state index in [0.717, 1.165) is 23.3 Å². The van der Waals surface area contributed by atoms with Gasteiger partial charge in [0.1, 0.15) is 11.3 Å². The maximum absolute atomic E-state index is 5.96. The summed E-state index contributed by atoms with van der Waals surface area (Å²) in [6, 6.07) is 12.4. The molecule has 0 saturated carbocycles. The number of fused-ring (bicyclic) bond motifs is 1. The van der Waals surface area contributed by atoms with Crippen LogP contribution in [0, 0.1) is 6.92 Å². The maximum Gasteiger partial charge on any atom is 0.134 e. The van der Waals surface area contributed by atoms with Gasteiger partial charge >= 0.3 is 0 Å². The molecule has 4 heteroatoms. The smallest absolute Gasteiger partial charge is 0.134 e. The van der Waals surface area contributed by atoms with E-state index in [4.69, 9.17) is 10.2 Å². The Kier molecular flexibility index (Phi) is 3.87. The van der Waals surface area contributed by atoms with E-state index in [9.17, 15) is 0 Å². The van der Waals surface area contributed by atoms with Crippen LogP contribution in [-0.2, 0) is 6.54 Å². The number of nitrogens with one attached hydrogen (secondary N) is 1. The van der Waals surface area contributed by atoms with Gasteiger partial charge in [-0.3, -0.25) is 0 Å². The van der Waals surface area contributed by atoms with Crippen LogP contribution in [0.15, 0.2) is 46.2 Å². The number of furan rings is 1.